The first-order valence-electron chi connectivity index (χ1n) is 11.5. The lowest BCUT2D eigenvalue weighted by Crippen LogP contribution is -2.35. The van der Waals surface area contributed by atoms with Gasteiger partial charge in [0.1, 0.15) is 0 Å². The molecule has 0 radical (unpaired) electrons. The lowest BCUT2D eigenvalue weighted by molar-refractivity contribution is -0.145. The minimum Gasteiger partial charge on any atom is -0.303 e. The Labute approximate surface area is 196 Å². The fourth-order valence-electron chi connectivity index (χ4n) is 4.76. The molecule has 1 saturated carbocycles. The fourth-order valence-corrected chi connectivity index (χ4v) is 4.76. The van der Waals surface area contributed by atoms with Crippen LogP contribution in [0.1, 0.15) is 54.9 Å². The molecule has 34 heavy (non-hydrogen) atoms. The molecule has 1 aliphatic carbocycles. The van der Waals surface area contributed by atoms with Crippen molar-refractivity contribution in [1.29, 1.82) is 5.26 Å². The number of alkyl halides is 6. The summed E-state index contributed by atoms with van der Waals surface area (Å²) in [5, 5.41) is 10.1. The quantitative estimate of drug-likeness (QED) is 0.334. The first-order valence-corrected chi connectivity index (χ1v) is 11.5. The molecular formula is C26H28F6N2. The van der Waals surface area contributed by atoms with Gasteiger partial charge in [-0.2, -0.15) is 31.6 Å². The molecule has 0 heterocycles. The van der Waals surface area contributed by atoms with Crippen molar-refractivity contribution >= 4 is 0 Å². The highest BCUT2D eigenvalue weighted by Gasteiger charge is 2.54. The zero-order valence-electron chi connectivity index (χ0n) is 19.0. The molecule has 1 aliphatic rings. The number of nitrogens with zero attached hydrogens (tertiary/aromatic N) is 2. The van der Waals surface area contributed by atoms with Gasteiger partial charge in [-0.05, 0) is 74.4 Å². The maximum absolute atomic E-state index is 13.8. The van der Waals surface area contributed by atoms with Gasteiger partial charge in [0.05, 0.1) is 22.6 Å². The van der Waals surface area contributed by atoms with Crippen LogP contribution in [0.5, 0.6) is 0 Å². The van der Waals surface area contributed by atoms with Crippen LogP contribution in [0.15, 0.2) is 48.5 Å². The van der Waals surface area contributed by atoms with E-state index in [1.54, 1.807) is 0 Å². The predicted octanol–water partition coefficient (Wildman–Crippen LogP) is 7.24. The number of nitriles is 1. The lowest BCUT2D eigenvalue weighted by atomic mass is 9.70. The van der Waals surface area contributed by atoms with Crippen molar-refractivity contribution in [1.82, 2.24) is 4.90 Å². The van der Waals surface area contributed by atoms with Gasteiger partial charge in [0.25, 0.3) is 0 Å². The Morgan fingerprint density at radius 3 is 1.94 bits per heavy atom. The van der Waals surface area contributed by atoms with E-state index in [1.807, 2.05) is 43.3 Å². The molecule has 2 nitrogen and oxygen atoms in total. The maximum Gasteiger partial charge on any atom is 0.416 e. The van der Waals surface area contributed by atoms with Gasteiger partial charge in [-0.25, -0.2) is 0 Å². The minimum atomic E-state index is -4.99. The highest BCUT2D eigenvalue weighted by Crippen LogP contribution is 2.55. The van der Waals surface area contributed by atoms with Crippen LogP contribution in [0.25, 0.3) is 0 Å². The number of likely N-dealkylation sites (N-methyl/N-ethyl adjacent to an activating group) is 1. The topological polar surface area (TPSA) is 27.0 Å². The van der Waals surface area contributed by atoms with E-state index in [4.69, 9.17) is 0 Å². The Morgan fingerprint density at radius 1 is 0.882 bits per heavy atom. The maximum atomic E-state index is 13.8. The van der Waals surface area contributed by atoms with E-state index in [2.05, 4.69) is 4.90 Å². The Morgan fingerprint density at radius 2 is 1.47 bits per heavy atom. The van der Waals surface area contributed by atoms with Gasteiger partial charge in [-0.15, -0.1) is 0 Å². The first kappa shape index (κ1) is 26.1. The zero-order valence-corrected chi connectivity index (χ0v) is 19.0. The van der Waals surface area contributed by atoms with Crippen molar-refractivity contribution in [3.05, 3.63) is 70.8 Å². The molecule has 2 aromatic carbocycles. The highest BCUT2D eigenvalue weighted by molar-refractivity contribution is 5.49. The largest absolute Gasteiger partial charge is 0.416 e. The van der Waals surface area contributed by atoms with E-state index >= 15 is 0 Å². The minimum absolute atomic E-state index is 0.0494. The molecule has 1 unspecified atom stereocenters. The summed E-state index contributed by atoms with van der Waals surface area (Å²) >= 11 is 0. The standard InChI is InChI=1S/C26H28F6N2/c1-2-34(17-14-19-8-4-3-5-9-19)16-7-15-24(18-33,20-12-13-20)23-21(25(27,28)29)10-6-11-22(23)26(30,31)32/h3-6,8-11,20H,2,7,12-17H2,1H3. The van der Waals surface area contributed by atoms with Gasteiger partial charge in [0.15, 0.2) is 0 Å². The smallest absolute Gasteiger partial charge is 0.303 e. The molecule has 0 spiro atoms. The molecule has 0 amide bonds. The number of hydrogen-bond acceptors (Lipinski definition) is 2. The first-order chi connectivity index (χ1) is 16.0. The van der Waals surface area contributed by atoms with E-state index < -0.39 is 40.4 Å². The number of hydrogen-bond donors (Lipinski definition) is 0. The van der Waals surface area contributed by atoms with Crippen LogP contribution in [0.4, 0.5) is 26.3 Å². The average molecular weight is 483 g/mol. The molecular weight excluding hydrogens is 454 g/mol. The van der Waals surface area contributed by atoms with E-state index in [-0.39, 0.29) is 6.42 Å². The average Bonchev–Trinajstić information content (AvgIpc) is 3.64. The van der Waals surface area contributed by atoms with Crippen LogP contribution in [0, 0.1) is 17.2 Å². The van der Waals surface area contributed by atoms with Gasteiger partial charge in [-0.3, -0.25) is 0 Å². The molecule has 1 atom stereocenters. The molecule has 0 bridgehead atoms. The van der Waals surface area contributed by atoms with Crippen LogP contribution in [0.3, 0.4) is 0 Å². The van der Waals surface area contributed by atoms with Gasteiger partial charge in [-0.1, -0.05) is 43.3 Å². The highest BCUT2D eigenvalue weighted by atomic mass is 19.4. The fraction of sp³-hybridized carbons (Fsp3) is 0.500. The van der Waals surface area contributed by atoms with Gasteiger partial charge < -0.3 is 4.90 Å². The molecule has 3 rings (SSSR count). The van der Waals surface area contributed by atoms with Crippen LogP contribution in [0.2, 0.25) is 0 Å². The summed E-state index contributed by atoms with van der Waals surface area (Å²) in [4.78, 5) is 2.11. The predicted molar refractivity (Wildman–Crippen MR) is 118 cm³/mol. The Hall–Kier alpha value is -2.53. The SMILES string of the molecule is CCN(CCCC(C#N)(c1c(C(F)(F)F)cccc1C(F)(F)F)C1CC1)CCc1ccccc1. The van der Waals surface area contributed by atoms with Gasteiger partial charge >= 0.3 is 12.4 Å². The van der Waals surface area contributed by atoms with E-state index in [9.17, 15) is 31.6 Å². The number of halogens is 6. The van der Waals surface area contributed by atoms with Gasteiger partial charge in [0, 0.05) is 6.54 Å². The number of benzene rings is 2. The monoisotopic (exact) mass is 482 g/mol. The summed E-state index contributed by atoms with van der Waals surface area (Å²) in [5.41, 5.74) is -4.28. The second-order valence-corrected chi connectivity index (χ2v) is 8.85. The molecule has 2 aromatic rings. The molecule has 8 heteroatoms. The molecule has 184 valence electrons. The third kappa shape index (κ3) is 5.93. The number of rotatable bonds is 10. The van der Waals surface area contributed by atoms with Crippen LogP contribution in [-0.2, 0) is 24.2 Å². The molecule has 0 aliphatic heterocycles. The Bertz CT molecular complexity index is 957. The van der Waals surface area contributed by atoms with E-state index in [1.165, 1.54) is 0 Å². The summed E-state index contributed by atoms with van der Waals surface area (Å²) < 4.78 is 83.1. The second kappa shape index (κ2) is 10.4. The van der Waals surface area contributed by atoms with Crippen LogP contribution in [-0.4, -0.2) is 24.5 Å². The van der Waals surface area contributed by atoms with E-state index in [0.717, 1.165) is 24.6 Å². The van der Waals surface area contributed by atoms with Crippen molar-refractivity contribution in [3.63, 3.8) is 0 Å². The summed E-state index contributed by atoms with van der Waals surface area (Å²) in [6, 6.07) is 13.9. The van der Waals surface area contributed by atoms with Crippen molar-refractivity contribution in [2.24, 2.45) is 5.92 Å². The normalized spacial score (nSPS) is 16.3. The Kier molecular flexibility index (Phi) is 7.97. The lowest BCUT2D eigenvalue weighted by Gasteiger charge is -2.33. The summed E-state index contributed by atoms with van der Waals surface area (Å²) in [5.74, 6) is -0.513. The van der Waals surface area contributed by atoms with Crippen molar-refractivity contribution in [2.75, 3.05) is 19.6 Å². The molecule has 0 aromatic heterocycles. The van der Waals surface area contributed by atoms with Crippen LogP contribution >= 0.6 is 0 Å². The van der Waals surface area contributed by atoms with Crippen molar-refractivity contribution < 1.29 is 26.3 Å². The molecule has 1 fully saturated rings. The Balaban J connectivity index is 1.87. The van der Waals surface area contributed by atoms with Crippen molar-refractivity contribution in [3.8, 4) is 6.07 Å². The van der Waals surface area contributed by atoms with Crippen LogP contribution < -0.4 is 0 Å². The van der Waals surface area contributed by atoms with Gasteiger partial charge in [0.2, 0.25) is 0 Å². The molecule has 0 N–H and O–H groups in total. The molecule has 0 saturated heterocycles. The van der Waals surface area contributed by atoms with E-state index in [0.29, 0.717) is 44.5 Å². The van der Waals surface area contributed by atoms with Crippen molar-refractivity contribution in [2.45, 2.75) is 56.8 Å². The third-order valence-electron chi connectivity index (χ3n) is 6.65. The second-order valence-electron chi connectivity index (χ2n) is 8.85. The summed E-state index contributed by atoms with van der Waals surface area (Å²) in [7, 11) is 0. The summed E-state index contributed by atoms with van der Waals surface area (Å²) in [6.45, 7) is 3.87. The zero-order chi connectivity index (χ0) is 25.0. The third-order valence-corrected chi connectivity index (χ3v) is 6.65. The summed E-state index contributed by atoms with van der Waals surface area (Å²) in [6.07, 6.45) is -8.01.